The molecule has 0 radical (unpaired) electrons. The largest absolute Gasteiger partial charge is 0.346 e. The molecule has 120 valence electrons. The molecule has 1 amide bonds. The van der Waals surface area contributed by atoms with Gasteiger partial charge in [-0.1, -0.05) is 53.0 Å². The van der Waals surface area contributed by atoms with Crippen molar-refractivity contribution < 1.29 is 4.79 Å². The summed E-state index contributed by atoms with van der Waals surface area (Å²) in [6.45, 7) is 6.06. The van der Waals surface area contributed by atoms with Crippen LogP contribution in [0, 0.1) is 13.8 Å². The average Bonchev–Trinajstić information content (AvgIpc) is 2.48. The molecule has 0 aromatic heterocycles. The topological polar surface area (TPSA) is 29.1 Å². The number of halogens is 2. The van der Waals surface area contributed by atoms with E-state index in [2.05, 4.69) is 23.5 Å². The van der Waals surface area contributed by atoms with Crippen LogP contribution >= 0.6 is 23.2 Å². The third-order valence-electron chi connectivity index (χ3n) is 3.64. The van der Waals surface area contributed by atoms with Gasteiger partial charge >= 0.3 is 0 Å². The van der Waals surface area contributed by atoms with Crippen LogP contribution in [0.4, 0.5) is 0 Å². The lowest BCUT2D eigenvalue weighted by atomic mass is 10.00. The summed E-state index contributed by atoms with van der Waals surface area (Å²) >= 11 is 11.9. The van der Waals surface area contributed by atoms with E-state index in [-0.39, 0.29) is 11.9 Å². The van der Waals surface area contributed by atoms with Crippen molar-refractivity contribution in [1.82, 2.24) is 5.32 Å². The molecule has 1 unspecified atom stereocenters. The SMILES string of the molecule is Cc1ccc(C)c(C(C)NC(=O)/C=C/c2ccc(Cl)cc2Cl)c1. The van der Waals surface area contributed by atoms with Gasteiger partial charge in [-0.25, -0.2) is 0 Å². The minimum Gasteiger partial charge on any atom is -0.346 e. The quantitative estimate of drug-likeness (QED) is 0.726. The van der Waals surface area contributed by atoms with E-state index < -0.39 is 0 Å². The second-order valence-electron chi connectivity index (χ2n) is 5.59. The first-order valence-electron chi connectivity index (χ1n) is 7.37. The van der Waals surface area contributed by atoms with Crippen LogP contribution < -0.4 is 5.32 Å². The summed E-state index contributed by atoms with van der Waals surface area (Å²) in [6, 6.07) is 11.3. The molecule has 0 fully saturated rings. The molecule has 0 saturated heterocycles. The molecule has 2 aromatic rings. The van der Waals surface area contributed by atoms with Crippen LogP contribution in [0.25, 0.3) is 6.08 Å². The van der Waals surface area contributed by atoms with Gasteiger partial charge in [0.15, 0.2) is 0 Å². The van der Waals surface area contributed by atoms with E-state index in [4.69, 9.17) is 23.2 Å². The van der Waals surface area contributed by atoms with E-state index in [0.29, 0.717) is 10.0 Å². The van der Waals surface area contributed by atoms with Crippen molar-refractivity contribution in [3.63, 3.8) is 0 Å². The Morgan fingerprint density at radius 1 is 1.13 bits per heavy atom. The molecule has 0 spiro atoms. The first kappa shape index (κ1) is 17.6. The predicted molar refractivity (Wildman–Crippen MR) is 98.0 cm³/mol. The van der Waals surface area contributed by atoms with E-state index in [9.17, 15) is 4.79 Å². The highest BCUT2D eigenvalue weighted by molar-refractivity contribution is 6.35. The van der Waals surface area contributed by atoms with Crippen molar-refractivity contribution in [2.75, 3.05) is 0 Å². The van der Waals surface area contributed by atoms with Crippen molar-refractivity contribution in [2.24, 2.45) is 0 Å². The first-order chi connectivity index (χ1) is 10.9. The van der Waals surface area contributed by atoms with Crippen LogP contribution in [0.2, 0.25) is 10.0 Å². The Morgan fingerprint density at radius 2 is 1.87 bits per heavy atom. The van der Waals surface area contributed by atoms with E-state index >= 15 is 0 Å². The molecule has 1 N–H and O–H groups in total. The maximum absolute atomic E-state index is 12.1. The first-order valence-corrected chi connectivity index (χ1v) is 8.13. The number of benzene rings is 2. The Morgan fingerprint density at radius 3 is 2.57 bits per heavy atom. The highest BCUT2D eigenvalue weighted by Gasteiger charge is 2.10. The number of aryl methyl sites for hydroxylation is 2. The van der Waals surface area contributed by atoms with Crippen LogP contribution in [0.3, 0.4) is 0 Å². The lowest BCUT2D eigenvalue weighted by Crippen LogP contribution is -2.25. The van der Waals surface area contributed by atoms with E-state index in [0.717, 1.165) is 16.7 Å². The summed E-state index contributed by atoms with van der Waals surface area (Å²) in [4.78, 5) is 12.1. The number of hydrogen-bond acceptors (Lipinski definition) is 1. The Balaban J connectivity index is 2.06. The number of carbonyl (C=O) groups is 1. The number of nitrogens with one attached hydrogen (secondary N) is 1. The molecule has 0 aliphatic carbocycles. The molecule has 2 aromatic carbocycles. The highest BCUT2D eigenvalue weighted by Crippen LogP contribution is 2.22. The minimum atomic E-state index is -0.163. The maximum Gasteiger partial charge on any atom is 0.244 e. The monoisotopic (exact) mass is 347 g/mol. The van der Waals surface area contributed by atoms with Crippen LogP contribution in [-0.4, -0.2) is 5.91 Å². The second-order valence-corrected chi connectivity index (χ2v) is 6.43. The number of amides is 1. The summed E-state index contributed by atoms with van der Waals surface area (Å²) in [7, 11) is 0. The lowest BCUT2D eigenvalue weighted by Gasteiger charge is -2.16. The van der Waals surface area contributed by atoms with Crippen LogP contribution in [0.5, 0.6) is 0 Å². The van der Waals surface area contributed by atoms with Crippen LogP contribution in [0.1, 0.15) is 35.2 Å². The molecular weight excluding hydrogens is 329 g/mol. The fraction of sp³-hybridized carbons (Fsp3) is 0.211. The van der Waals surface area contributed by atoms with Crippen molar-refractivity contribution in [1.29, 1.82) is 0 Å². The summed E-state index contributed by atoms with van der Waals surface area (Å²) < 4.78 is 0. The molecule has 0 aliphatic rings. The molecule has 4 heteroatoms. The molecule has 0 bridgehead atoms. The third kappa shape index (κ3) is 4.85. The van der Waals surface area contributed by atoms with E-state index in [1.165, 1.54) is 11.6 Å². The normalized spacial score (nSPS) is 12.4. The standard InChI is InChI=1S/C19H19Cl2NO/c1-12-4-5-13(2)17(10-12)14(3)22-19(23)9-7-15-6-8-16(20)11-18(15)21/h4-11,14H,1-3H3,(H,22,23)/b9-7+. The van der Waals surface area contributed by atoms with E-state index in [1.807, 2.05) is 20.8 Å². The Bertz CT molecular complexity index is 753. The minimum absolute atomic E-state index is 0.0623. The van der Waals surface area contributed by atoms with Gasteiger partial charge in [0.05, 0.1) is 6.04 Å². The fourth-order valence-corrected chi connectivity index (χ4v) is 2.84. The molecule has 2 nitrogen and oxygen atoms in total. The molecule has 0 heterocycles. The van der Waals surface area contributed by atoms with Crippen molar-refractivity contribution in [2.45, 2.75) is 26.8 Å². The fourth-order valence-electron chi connectivity index (χ4n) is 2.37. The zero-order valence-corrected chi connectivity index (χ0v) is 14.9. The molecule has 23 heavy (non-hydrogen) atoms. The highest BCUT2D eigenvalue weighted by atomic mass is 35.5. The molecule has 1 atom stereocenters. The number of rotatable bonds is 4. The van der Waals surface area contributed by atoms with Gasteiger partial charge in [-0.3, -0.25) is 4.79 Å². The van der Waals surface area contributed by atoms with Gasteiger partial charge in [-0.2, -0.15) is 0 Å². The van der Waals surface area contributed by atoms with Gasteiger partial charge in [-0.15, -0.1) is 0 Å². The van der Waals surface area contributed by atoms with Gasteiger partial charge < -0.3 is 5.32 Å². The summed E-state index contributed by atoms with van der Waals surface area (Å²) in [5.41, 5.74) is 4.21. The summed E-state index contributed by atoms with van der Waals surface area (Å²) in [5.74, 6) is -0.163. The maximum atomic E-state index is 12.1. The second kappa shape index (κ2) is 7.67. The zero-order chi connectivity index (χ0) is 17.0. The molecule has 0 saturated carbocycles. The van der Waals surface area contributed by atoms with E-state index in [1.54, 1.807) is 24.3 Å². The van der Waals surface area contributed by atoms with Crippen molar-refractivity contribution in [3.05, 3.63) is 74.8 Å². The van der Waals surface area contributed by atoms with Gasteiger partial charge in [0.25, 0.3) is 0 Å². The third-order valence-corrected chi connectivity index (χ3v) is 4.20. The zero-order valence-electron chi connectivity index (χ0n) is 13.4. The molecule has 2 rings (SSSR count). The summed E-state index contributed by atoms with van der Waals surface area (Å²) in [5, 5.41) is 4.06. The Hall–Kier alpha value is -1.77. The van der Waals surface area contributed by atoms with Crippen LogP contribution in [-0.2, 0) is 4.79 Å². The smallest absolute Gasteiger partial charge is 0.244 e. The van der Waals surface area contributed by atoms with Gasteiger partial charge in [0, 0.05) is 16.1 Å². The van der Waals surface area contributed by atoms with Gasteiger partial charge in [0.1, 0.15) is 0 Å². The van der Waals surface area contributed by atoms with Crippen LogP contribution in [0.15, 0.2) is 42.5 Å². The van der Waals surface area contributed by atoms with Gasteiger partial charge in [0.2, 0.25) is 5.91 Å². The lowest BCUT2D eigenvalue weighted by molar-refractivity contribution is -0.117. The Labute approximate surface area is 147 Å². The average molecular weight is 348 g/mol. The molecular formula is C19H19Cl2NO. The number of carbonyl (C=O) groups excluding carboxylic acids is 1. The predicted octanol–water partition coefficient (Wildman–Crippen LogP) is 5.50. The molecule has 0 aliphatic heterocycles. The van der Waals surface area contributed by atoms with Crippen molar-refractivity contribution >= 4 is 35.2 Å². The van der Waals surface area contributed by atoms with Gasteiger partial charge in [-0.05, 0) is 55.7 Å². The van der Waals surface area contributed by atoms with Crippen molar-refractivity contribution in [3.8, 4) is 0 Å². The Kier molecular flexibility index (Phi) is 5.86. The summed E-state index contributed by atoms with van der Waals surface area (Å²) in [6.07, 6.45) is 3.17. The number of hydrogen-bond donors (Lipinski definition) is 1.